The number of rotatable bonds is 6. The van der Waals surface area contributed by atoms with Crippen LogP contribution in [0.25, 0.3) is 10.8 Å². The van der Waals surface area contributed by atoms with Gasteiger partial charge in [0, 0.05) is 17.0 Å². The number of benzene rings is 2. The average Bonchev–Trinajstić information content (AvgIpc) is 2.69. The SMILES string of the molecule is CCOC(=O)C(C)Oc1cccc2c(Oc3ncc(C(F)(F)F)cc3Cl)cccc12. The molecule has 0 radical (unpaired) electrons. The van der Waals surface area contributed by atoms with E-state index in [2.05, 4.69) is 4.98 Å². The number of pyridine rings is 1. The number of hydrogen-bond acceptors (Lipinski definition) is 5. The van der Waals surface area contributed by atoms with Crippen LogP contribution in [-0.4, -0.2) is 23.7 Å². The number of carbonyl (C=O) groups is 1. The smallest absolute Gasteiger partial charge is 0.417 e. The van der Waals surface area contributed by atoms with E-state index in [9.17, 15) is 18.0 Å². The normalized spacial score (nSPS) is 12.5. The van der Waals surface area contributed by atoms with Crippen LogP contribution in [0.2, 0.25) is 5.02 Å². The fraction of sp³-hybridized carbons (Fsp3) is 0.238. The zero-order valence-electron chi connectivity index (χ0n) is 16.0. The Hall–Kier alpha value is -3.00. The molecule has 0 aliphatic heterocycles. The van der Waals surface area contributed by atoms with Gasteiger partial charge in [-0.15, -0.1) is 0 Å². The van der Waals surface area contributed by atoms with E-state index in [1.54, 1.807) is 50.2 Å². The van der Waals surface area contributed by atoms with E-state index in [4.69, 9.17) is 25.8 Å². The zero-order valence-corrected chi connectivity index (χ0v) is 16.8. The highest BCUT2D eigenvalue weighted by atomic mass is 35.5. The molecule has 1 aromatic heterocycles. The topological polar surface area (TPSA) is 57.7 Å². The molecule has 1 atom stereocenters. The number of aromatic nitrogens is 1. The molecule has 1 unspecified atom stereocenters. The maximum Gasteiger partial charge on any atom is 0.417 e. The van der Waals surface area contributed by atoms with Crippen LogP contribution >= 0.6 is 11.6 Å². The van der Waals surface area contributed by atoms with Crippen LogP contribution in [0.15, 0.2) is 48.7 Å². The van der Waals surface area contributed by atoms with Gasteiger partial charge in [-0.1, -0.05) is 35.9 Å². The van der Waals surface area contributed by atoms with Crippen molar-refractivity contribution >= 4 is 28.3 Å². The van der Waals surface area contributed by atoms with Crippen LogP contribution in [0.5, 0.6) is 17.4 Å². The lowest BCUT2D eigenvalue weighted by Gasteiger charge is -2.16. The van der Waals surface area contributed by atoms with E-state index in [0.29, 0.717) is 28.5 Å². The van der Waals surface area contributed by atoms with Gasteiger partial charge in [0.05, 0.1) is 12.2 Å². The highest BCUT2D eigenvalue weighted by molar-refractivity contribution is 6.31. The monoisotopic (exact) mass is 439 g/mol. The van der Waals surface area contributed by atoms with Gasteiger partial charge in [-0.3, -0.25) is 0 Å². The van der Waals surface area contributed by atoms with Gasteiger partial charge in [-0.25, -0.2) is 9.78 Å². The lowest BCUT2D eigenvalue weighted by molar-refractivity contribution is -0.150. The first-order chi connectivity index (χ1) is 14.2. The van der Waals surface area contributed by atoms with E-state index in [1.807, 2.05) is 0 Å². The van der Waals surface area contributed by atoms with Crippen LogP contribution in [0.3, 0.4) is 0 Å². The second-order valence-electron chi connectivity index (χ2n) is 6.23. The molecular weight excluding hydrogens is 423 g/mol. The van der Waals surface area contributed by atoms with Gasteiger partial charge in [0.2, 0.25) is 5.88 Å². The van der Waals surface area contributed by atoms with E-state index >= 15 is 0 Å². The number of esters is 1. The molecule has 0 aliphatic carbocycles. The van der Waals surface area contributed by atoms with Crippen molar-refractivity contribution in [1.29, 1.82) is 0 Å². The van der Waals surface area contributed by atoms with Crippen LogP contribution in [-0.2, 0) is 15.7 Å². The minimum absolute atomic E-state index is 0.164. The van der Waals surface area contributed by atoms with E-state index in [0.717, 1.165) is 6.07 Å². The Balaban J connectivity index is 1.92. The third-order valence-corrected chi connectivity index (χ3v) is 4.38. The summed E-state index contributed by atoms with van der Waals surface area (Å²) < 4.78 is 54.8. The molecule has 0 amide bonds. The van der Waals surface area contributed by atoms with Crippen LogP contribution < -0.4 is 9.47 Å². The Bertz CT molecular complexity index is 1070. The standard InChI is InChI=1S/C21H17ClF3NO4/c1-3-28-20(27)12(2)29-17-8-4-7-15-14(17)6-5-9-18(15)30-19-16(22)10-13(11-26-19)21(23,24)25/h4-12H,3H2,1-2H3. The van der Waals surface area contributed by atoms with Gasteiger partial charge in [0.1, 0.15) is 16.5 Å². The van der Waals surface area contributed by atoms with Gasteiger partial charge < -0.3 is 14.2 Å². The molecule has 0 saturated carbocycles. The highest BCUT2D eigenvalue weighted by Crippen LogP contribution is 2.38. The van der Waals surface area contributed by atoms with Crippen molar-refractivity contribution in [2.24, 2.45) is 0 Å². The Labute approximate surface area is 175 Å². The van der Waals surface area contributed by atoms with Gasteiger partial charge >= 0.3 is 12.1 Å². The molecule has 0 fully saturated rings. The van der Waals surface area contributed by atoms with Gasteiger partial charge in [0.25, 0.3) is 0 Å². The molecule has 3 aromatic rings. The van der Waals surface area contributed by atoms with Crippen LogP contribution in [0.4, 0.5) is 13.2 Å². The number of carbonyl (C=O) groups excluding carboxylic acids is 1. The number of hydrogen-bond donors (Lipinski definition) is 0. The number of ether oxygens (including phenoxy) is 3. The molecule has 2 aromatic carbocycles. The molecular formula is C21H17ClF3NO4. The van der Waals surface area contributed by atoms with Crippen molar-refractivity contribution in [2.75, 3.05) is 6.61 Å². The lowest BCUT2D eigenvalue weighted by atomic mass is 10.1. The third-order valence-electron chi connectivity index (χ3n) is 4.11. The van der Waals surface area contributed by atoms with Gasteiger partial charge in [-0.05, 0) is 32.0 Å². The van der Waals surface area contributed by atoms with Crippen LogP contribution in [0, 0.1) is 0 Å². The summed E-state index contributed by atoms with van der Waals surface area (Å²) in [7, 11) is 0. The minimum Gasteiger partial charge on any atom is -0.478 e. The molecule has 158 valence electrons. The Morgan fingerprint density at radius 2 is 1.77 bits per heavy atom. The molecule has 3 rings (SSSR count). The quantitative estimate of drug-likeness (QED) is 0.439. The van der Waals surface area contributed by atoms with Crippen LogP contribution in [0.1, 0.15) is 19.4 Å². The van der Waals surface area contributed by atoms with Crippen molar-refractivity contribution in [3.8, 4) is 17.4 Å². The molecule has 0 N–H and O–H groups in total. The third kappa shape index (κ3) is 4.76. The summed E-state index contributed by atoms with van der Waals surface area (Å²) >= 11 is 5.94. The van der Waals surface area contributed by atoms with E-state index in [-0.39, 0.29) is 17.5 Å². The second-order valence-corrected chi connectivity index (χ2v) is 6.64. The van der Waals surface area contributed by atoms with E-state index in [1.165, 1.54) is 0 Å². The summed E-state index contributed by atoms with van der Waals surface area (Å²) in [5.74, 6) is 0.0758. The molecule has 1 heterocycles. The maximum atomic E-state index is 12.8. The van der Waals surface area contributed by atoms with Crippen molar-refractivity contribution in [2.45, 2.75) is 26.1 Å². The van der Waals surface area contributed by atoms with Crippen molar-refractivity contribution < 1.29 is 32.2 Å². The molecule has 30 heavy (non-hydrogen) atoms. The molecule has 0 saturated heterocycles. The summed E-state index contributed by atoms with van der Waals surface area (Å²) in [5, 5.41) is 0.961. The maximum absolute atomic E-state index is 12.8. The molecule has 0 spiro atoms. The molecule has 9 heteroatoms. The number of alkyl halides is 3. The Morgan fingerprint density at radius 1 is 1.13 bits per heavy atom. The molecule has 5 nitrogen and oxygen atoms in total. The first kappa shape index (κ1) is 21.7. The highest BCUT2D eigenvalue weighted by Gasteiger charge is 2.32. The average molecular weight is 440 g/mol. The number of fused-ring (bicyclic) bond motifs is 1. The lowest BCUT2D eigenvalue weighted by Crippen LogP contribution is -2.26. The van der Waals surface area contributed by atoms with Gasteiger partial charge in [0.15, 0.2) is 6.10 Å². The predicted octanol–water partition coefficient (Wildman–Crippen LogP) is 6.03. The number of halogens is 4. The van der Waals surface area contributed by atoms with E-state index < -0.39 is 23.8 Å². The van der Waals surface area contributed by atoms with Crippen molar-refractivity contribution in [3.63, 3.8) is 0 Å². The van der Waals surface area contributed by atoms with Gasteiger partial charge in [-0.2, -0.15) is 13.2 Å². The predicted molar refractivity (Wildman–Crippen MR) is 105 cm³/mol. The van der Waals surface area contributed by atoms with Crippen molar-refractivity contribution in [1.82, 2.24) is 4.98 Å². The summed E-state index contributed by atoms with van der Waals surface area (Å²) in [6.07, 6.45) is -4.73. The Kier molecular flexibility index (Phi) is 6.36. The fourth-order valence-corrected chi connectivity index (χ4v) is 2.91. The summed E-state index contributed by atoms with van der Waals surface area (Å²) in [6, 6.07) is 10.9. The first-order valence-corrected chi connectivity index (χ1v) is 9.34. The zero-order chi connectivity index (χ0) is 21.9. The second kappa shape index (κ2) is 8.79. The minimum atomic E-state index is -4.56. The summed E-state index contributed by atoms with van der Waals surface area (Å²) in [6.45, 7) is 3.51. The first-order valence-electron chi connectivity index (χ1n) is 8.96. The Morgan fingerprint density at radius 3 is 2.37 bits per heavy atom. The molecule has 0 aliphatic rings. The fourth-order valence-electron chi connectivity index (χ4n) is 2.70. The van der Waals surface area contributed by atoms with Crippen molar-refractivity contribution in [3.05, 3.63) is 59.2 Å². The summed E-state index contributed by atoms with van der Waals surface area (Å²) in [4.78, 5) is 15.5. The molecule has 0 bridgehead atoms. The largest absolute Gasteiger partial charge is 0.478 e. The summed E-state index contributed by atoms with van der Waals surface area (Å²) in [5.41, 5.74) is -0.971. The number of nitrogens with zero attached hydrogens (tertiary/aromatic N) is 1.